The van der Waals surface area contributed by atoms with E-state index in [0.717, 1.165) is 56.0 Å². The number of carbonyl (C=O) groups excluding carboxylic acids is 1. The van der Waals surface area contributed by atoms with Crippen LogP contribution in [0.4, 0.5) is 13.2 Å². The molecule has 4 nitrogen and oxygen atoms in total. The average Bonchev–Trinajstić information content (AvgIpc) is 3.03. The highest BCUT2D eigenvalue weighted by atomic mass is 35.5. The molecule has 0 unspecified atom stereocenters. The molecule has 3 rings (SSSR count). The maximum absolute atomic E-state index is 12.9. The molecule has 0 radical (unpaired) electrons. The summed E-state index contributed by atoms with van der Waals surface area (Å²) in [5, 5.41) is 10.5. The number of benzene rings is 1. The van der Waals surface area contributed by atoms with Gasteiger partial charge in [0.1, 0.15) is 0 Å². The van der Waals surface area contributed by atoms with Crippen LogP contribution in [0.2, 0.25) is 5.02 Å². The third-order valence-electron chi connectivity index (χ3n) is 5.91. The Morgan fingerprint density at radius 3 is 2.50 bits per heavy atom. The summed E-state index contributed by atoms with van der Waals surface area (Å²) in [6, 6.07) is 2.76. The van der Waals surface area contributed by atoms with Crippen LogP contribution in [0.3, 0.4) is 0 Å². The first-order chi connectivity index (χ1) is 14.1. The third-order valence-corrected chi connectivity index (χ3v) is 6.24. The second-order valence-electron chi connectivity index (χ2n) is 8.45. The summed E-state index contributed by atoms with van der Waals surface area (Å²) < 4.78 is 38.8. The fourth-order valence-corrected chi connectivity index (χ4v) is 4.35. The lowest BCUT2D eigenvalue weighted by Crippen LogP contribution is -2.38. The zero-order chi connectivity index (χ0) is 22.1. The molecule has 1 fully saturated rings. The Bertz CT molecular complexity index is 900. The average molecular weight is 442 g/mol. The minimum atomic E-state index is -4.52. The van der Waals surface area contributed by atoms with Crippen molar-refractivity contribution >= 4 is 17.5 Å². The van der Waals surface area contributed by atoms with Gasteiger partial charge >= 0.3 is 6.18 Å². The molecule has 1 amide bonds. The number of hydrogen-bond acceptors (Lipinski definition) is 2. The van der Waals surface area contributed by atoms with Gasteiger partial charge in [0.15, 0.2) is 0 Å². The van der Waals surface area contributed by atoms with Crippen LogP contribution in [0.15, 0.2) is 18.2 Å². The number of aromatic nitrogens is 2. The fourth-order valence-electron chi connectivity index (χ4n) is 4.15. The minimum absolute atomic E-state index is 0.0184. The highest BCUT2D eigenvalue weighted by Gasteiger charge is 2.32. The molecule has 164 valence electrons. The Morgan fingerprint density at radius 1 is 1.27 bits per heavy atom. The third kappa shape index (κ3) is 5.17. The quantitative estimate of drug-likeness (QED) is 0.593. The van der Waals surface area contributed by atoms with Crippen LogP contribution in [-0.4, -0.2) is 22.1 Å². The molecule has 8 heteroatoms. The van der Waals surface area contributed by atoms with Crippen molar-refractivity contribution < 1.29 is 18.0 Å². The molecule has 2 aromatic rings. The van der Waals surface area contributed by atoms with Gasteiger partial charge < -0.3 is 5.32 Å². The van der Waals surface area contributed by atoms with E-state index in [9.17, 15) is 18.0 Å². The first-order valence-corrected chi connectivity index (χ1v) is 10.7. The van der Waals surface area contributed by atoms with E-state index in [-0.39, 0.29) is 16.6 Å². The van der Waals surface area contributed by atoms with Crippen LogP contribution < -0.4 is 5.32 Å². The molecule has 0 atom stereocenters. The maximum Gasteiger partial charge on any atom is 0.416 e. The molecule has 1 aliphatic rings. The first kappa shape index (κ1) is 22.7. The Labute approximate surface area is 179 Å². The summed E-state index contributed by atoms with van der Waals surface area (Å²) in [7, 11) is 0. The Kier molecular flexibility index (Phi) is 6.80. The summed E-state index contributed by atoms with van der Waals surface area (Å²) in [5.74, 6) is 0.318. The second kappa shape index (κ2) is 9.00. The van der Waals surface area contributed by atoms with Crippen LogP contribution in [0.25, 0.3) is 0 Å². The molecule has 1 aromatic heterocycles. The van der Waals surface area contributed by atoms with Gasteiger partial charge in [-0.15, -0.1) is 0 Å². The Morgan fingerprint density at radius 2 is 1.93 bits per heavy atom. The van der Waals surface area contributed by atoms with E-state index >= 15 is 0 Å². The summed E-state index contributed by atoms with van der Waals surface area (Å²) in [6.45, 7) is 6.34. The van der Waals surface area contributed by atoms with Crippen molar-refractivity contribution in [2.24, 2.45) is 5.92 Å². The highest BCUT2D eigenvalue weighted by molar-refractivity contribution is 6.33. The summed E-state index contributed by atoms with van der Waals surface area (Å²) in [4.78, 5) is 12.5. The number of halogens is 4. The minimum Gasteiger partial charge on any atom is -0.349 e. The van der Waals surface area contributed by atoms with E-state index in [1.165, 1.54) is 11.3 Å². The lowest BCUT2D eigenvalue weighted by Gasteiger charge is -2.29. The molecule has 1 heterocycles. The number of aromatic amines is 1. The van der Waals surface area contributed by atoms with Crippen molar-refractivity contribution in [2.45, 2.75) is 71.0 Å². The van der Waals surface area contributed by atoms with Gasteiger partial charge in [0.2, 0.25) is 0 Å². The number of H-pyrrole nitrogens is 1. The monoisotopic (exact) mass is 441 g/mol. The Balaban J connectivity index is 1.57. The first-order valence-electron chi connectivity index (χ1n) is 10.3. The molecule has 2 N–H and O–H groups in total. The molecule has 0 aliphatic heterocycles. The maximum atomic E-state index is 12.9. The van der Waals surface area contributed by atoms with E-state index in [4.69, 9.17) is 11.6 Å². The van der Waals surface area contributed by atoms with Crippen molar-refractivity contribution in [3.8, 4) is 0 Å². The van der Waals surface area contributed by atoms with Gasteiger partial charge in [-0.1, -0.05) is 25.4 Å². The van der Waals surface area contributed by atoms with Crippen LogP contribution in [0.5, 0.6) is 0 Å². The molecule has 0 saturated heterocycles. The molecule has 1 aromatic carbocycles. The van der Waals surface area contributed by atoms with E-state index < -0.39 is 17.6 Å². The predicted octanol–water partition coefficient (Wildman–Crippen LogP) is 6.05. The van der Waals surface area contributed by atoms with Gasteiger partial charge in [-0.2, -0.15) is 18.3 Å². The van der Waals surface area contributed by atoms with Crippen molar-refractivity contribution in [3.05, 3.63) is 51.3 Å². The van der Waals surface area contributed by atoms with E-state index in [1.807, 2.05) is 0 Å². The molecule has 1 saturated carbocycles. The second-order valence-corrected chi connectivity index (χ2v) is 8.86. The zero-order valence-corrected chi connectivity index (χ0v) is 18.1. The SMILES string of the molecule is Cc1c(C(C)C)n[nH]c1CC1CCC(NC(=O)c2cc(C(F)(F)F)ccc2Cl)CC1. The Hall–Kier alpha value is -2.02. The van der Waals surface area contributed by atoms with Gasteiger partial charge in [0.05, 0.1) is 21.8 Å². The lowest BCUT2D eigenvalue weighted by atomic mass is 9.82. The molecule has 30 heavy (non-hydrogen) atoms. The molecule has 0 spiro atoms. The smallest absolute Gasteiger partial charge is 0.349 e. The van der Waals surface area contributed by atoms with Gasteiger partial charge in [0, 0.05) is 11.7 Å². The summed E-state index contributed by atoms with van der Waals surface area (Å²) in [5.41, 5.74) is 2.48. The van der Waals surface area contributed by atoms with Crippen LogP contribution in [0.1, 0.15) is 78.3 Å². The molecule has 0 bridgehead atoms. The number of carbonyl (C=O) groups is 1. The van der Waals surface area contributed by atoms with Crippen molar-refractivity contribution in [3.63, 3.8) is 0 Å². The number of nitrogens with zero attached hydrogens (tertiary/aromatic N) is 1. The number of hydrogen-bond donors (Lipinski definition) is 2. The topological polar surface area (TPSA) is 57.8 Å². The largest absolute Gasteiger partial charge is 0.416 e. The molecular formula is C22H27ClF3N3O. The van der Waals surface area contributed by atoms with Crippen LogP contribution >= 0.6 is 11.6 Å². The summed E-state index contributed by atoms with van der Waals surface area (Å²) >= 11 is 5.97. The van der Waals surface area contributed by atoms with Gasteiger partial charge in [-0.3, -0.25) is 9.89 Å². The lowest BCUT2D eigenvalue weighted by molar-refractivity contribution is -0.137. The van der Waals surface area contributed by atoms with Crippen LogP contribution in [0, 0.1) is 12.8 Å². The number of rotatable bonds is 5. The van der Waals surface area contributed by atoms with Gasteiger partial charge in [-0.25, -0.2) is 0 Å². The van der Waals surface area contributed by atoms with Crippen molar-refractivity contribution in [2.75, 3.05) is 0 Å². The normalized spacial score (nSPS) is 19.9. The zero-order valence-electron chi connectivity index (χ0n) is 17.4. The van der Waals surface area contributed by atoms with Crippen LogP contribution in [-0.2, 0) is 12.6 Å². The molecule has 1 aliphatic carbocycles. The van der Waals surface area contributed by atoms with Gasteiger partial charge in [0.25, 0.3) is 5.91 Å². The summed E-state index contributed by atoms with van der Waals surface area (Å²) in [6.07, 6.45) is -0.133. The number of alkyl halides is 3. The van der Waals surface area contributed by atoms with E-state index in [2.05, 4.69) is 36.3 Å². The standard InChI is InChI=1S/C22H27ClF3N3O/c1-12(2)20-13(3)19(28-29-20)10-14-4-7-16(8-5-14)27-21(30)17-11-15(22(24,25)26)6-9-18(17)23/h6,9,11-12,14,16H,4-5,7-8,10H2,1-3H3,(H,27,30)(H,28,29). The number of nitrogens with one attached hydrogen (secondary N) is 2. The highest BCUT2D eigenvalue weighted by Crippen LogP contribution is 2.33. The predicted molar refractivity (Wildman–Crippen MR) is 111 cm³/mol. The van der Waals surface area contributed by atoms with E-state index in [1.54, 1.807) is 0 Å². The van der Waals surface area contributed by atoms with Crippen molar-refractivity contribution in [1.29, 1.82) is 0 Å². The van der Waals surface area contributed by atoms with Gasteiger partial charge in [-0.05, 0) is 74.6 Å². The number of amides is 1. The molecular weight excluding hydrogens is 415 g/mol. The fraction of sp³-hybridized carbons (Fsp3) is 0.545. The van der Waals surface area contributed by atoms with E-state index in [0.29, 0.717) is 11.8 Å². The van der Waals surface area contributed by atoms with Crippen molar-refractivity contribution in [1.82, 2.24) is 15.5 Å².